The van der Waals surface area contributed by atoms with Crippen LogP contribution in [0.15, 0.2) is 54.6 Å². The number of Topliss-reactive ketones (excluding diaryl/α,β-unsaturated/α-hetero) is 1. The van der Waals surface area contributed by atoms with Crippen molar-refractivity contribution in [2.45, 2.75) is 17.5 Å². The summed E-state index contributed by atoms with van der Waals surface area (Å²) < 4.78 is 38.1. The third-order valence-corrected chi connectivity index (χ3v) is 5.57. The van der Waals surface area contributed by atoms with Crippen LogP contribution in [0.4, 0.5) is 13.2 Å². The molecule has 2 aromatic rings. The molecule has 0 aliphatic carbocycles. The number of hydrogen-bond acceptors (Lipinski definition) is 3. The number of hydrogen-bond donors (Lipinski definition) is 1. The monoisotopic (exact) mass is 352 g/mol. The third kappa shape index (κ3) is 3.35. The highest BCUT2D eigenvalue weighted by Gasteiger charge is 2.42. The van der Waals surface area contributed by atoms with E-state index in [1.54, 1.807) is 30.3 Å². The van der Waals surface area contributed by atoms with Crippen LogP contribution in [0.2, 0.25) is 0 Å². The third-order valence-electron chi connectivity index (χ3n) is 4.11. The first-order chi connectivity index (χ1) is 11.4. The van der Waals surface area contributed by atoms with E-state index < -0.39 is 23.8 Å². The van der Waals surface area contributed by atoms with Crippen LogP contribution in [0.5, 0.6) is 0 Å². The molecule has 6 heteroatoms. The van der Waals surface area contributed by atoms with Crippen LogP contribution in [-0.2, 0) is 6.18 Å². The van der Waals surface area contributed by atoms with Gasteiger partial charge in [0.1, 0.15) is 0 Å². The van der Waals surface area contributed by atoms with E-state index in [1.165, 1.54) is 23.9 Å². The second-order valence-corrected chi connectivity index (χ2v) is 6.87. The van der Waals surface area contributed by atoms with Gasteiger partial charge in [-0.05, 0) is 17.7 Å². The number of aliphatic hydroxyl groups excluding tert-OH is 1. The zero-order valence-corrected chi connectivity index (χ0v) is 13.3. The summed E-state index contributed by atoms with van der Waals surface area (Å²) in [6.07, 6.45) is -5.20. The molecule has 3 rings (SSSR count). The van der Waals surface area contributed by atoms with Crippen molar-refractivity contribution < 1.29 is 23.1 Å². The molecule has 0 radical (unpaired) electrons. The standard InChI is InChI=1S/C18H15F3O2S/c19-18(20,21)13-8-6-12(7-9-13)17-15(14(22)10-24-17)16(23)11-4-2-1-3-5-11/h1-9,14-15,17,22H,10H2/t14-,15+,17+/m1/s1. The van der Waals surface area contributed by atoms with Crippen LogP contribution >= 0.6 is 11.8 Å². The molecule has 1 saturated heterocycles. The van der Waals surface area contributed by atoms with E-state index in [1.807, 2.05) is 0 Å². The molecule has 1 aliphatic rings. The van der Waals surface area contributed by atoms with Crippen molar-refractivity contribution in [2.24, 2.45) is 5.92 Å². The van der Waals surface area contributed by atoms with Crippen LogP contribution in [0.3, 0.4) is 0 Å². The van der Waals surface area contributed by atoms with Gasteiger partial charge in [0.05, 0.1) is 17.6 Å². The lowest BCUT2D eigenvalue weighted by Crippen LogP contribution is -2.28. The Balaban J connectivity index is 1.88. The number of carbonyl (C=O) groups is 1. The summed E-state index contributed by atoms with van der Waals surface area (Å²) >= 11 is 1.40. The number of alkyl halides is 3. The number of halogens is 3. The first kappa shape index (κ1) is 17.0. The maximum Gasteiger partial charge on any atom is 0.416 e. The van der Waals surface area contributed by atoms with Gasteiger partial charge in [0.25, 0.3) is 0 Å². The molecule has 2 aromatic carbocycles. The first-order valence-electron chi connectivity index (χ1n) is 7.44. The summed E-state index contributed by atoms with van der Waals surface area (Å²) in [4.78, 5) is 12.7. The Morgan fingerprint density at radius 2 is 1.67 bits per heavy atom. The number of benzene rings is 2. The van der Waals surface area contributed by atoms with Gasteiger partial charge in [-0.15, -0.1) is 0 Å². The average molecular weight is 352 g/mol. The van der Waals surface area contributed by atoms with Crippen LogP contribution in [0.1, 0.15) is 26.7 Å². The van der Waals surface area contributed by atoms with Gasteiger partial charge in [0, 0.05) is 16.6 Å². The van der Waals surface area contributed by atoms with E-state index in [2.05, 4.69) is 0 Å². The maximum atomic E-state index is 12.7. The fraction of sp³-hybridized carbons (Fsp3) is 0.278. The van der Waals surface area contributed by atoms with Crippen molar-refractivity contribution in [2.75, 3.05) is 5.75 Å². The molecule has 0 bridgehead atoms. The highest BCUT2D eigenvalue weighted by Crippen LogP contribution is 2.46. The maximum absolute atomic E-state index is 12.7. The summed E-state index contributed by atoms with van der Waals surface area (Å²) in [6, 6.07) is 13.5. The van der Waals surface area contributed by atoms with E-state index in [0.29, 0.717) is 16.9 Å². The van der Waals surface area contributed by atoms with Gasteiger partial charge in [-0.25, -0.2) is 0 Å². The zero-order valence-electron chi connectivity index (χ0n) is 12.5. The van der Waals surface area contributed by atoms with E-state index in [4.69, 9.17) is 0 Å². The van der Waals surface area contributed by atoms with Gasteiger partial charge in [-0.2, -0.15) is 24.9 Å². The van der Waals surface area contributed by atoms with E-state index in [9.17, 15) is 23.1 Å². The predicted octanol–water partition coefficient (Wildman–Crippen LogP) is 4.35. The summed E-state index contributed by atoms with van der Waals surface area (Å²) in [7, 11) is 0. The Hall–Kier alpha value is -1.79. The van der Waals surface area contributed by atoms with Gasteiger partial charge < -0.3 is 5.11 Å². The Morgan fingerprint density at radius 1 is 1.04 bits per heavy atom. The number of rotatable bonds is 3. The Morgan fingerprint density at radius 3 is 2.25 bits per heavy atom. The van der Waals surface area contributed by atoms with Crippen molar-refractivity contribution in [3.8, 4) is 0 Å². The van der Waals surface area contributed by atoms with Gasteiger partial charge in [0.15, 0.2) is 5.78 Å². The van der Waals surface area contributed by atoms with E-state index in [0.717, 1.165) is 12.1 Å². The van der Waals surface area contributed by atoms with Gasteiger partial charge >= 0.3 is 6.18 Å². The molecule has 24 heavy (non-hydrogen) atoms. The zero-order chi connectivity index (χ0) is 17.3. The molecule has 0 spiro atoms. The van der Waals surface area contributed by atoms with Crippen molar-refractivity contribution in [3.63, 3.8) is 0 Å². The van der Waals surface area contributed by atoms with E-state index >= 15 is 0 Å². The summed E-state index contributed by atoms with van der Waals surface area (Å²) in [5, 5.41) is 9.86. The smallest absolute Gasteiger partial charge is 0.391 e. The molecular formula is C18H15F3O2S. The summed E-state index contributed by atoms with van der Waals surface area (Å²) in [5.41, 5.74) is 0.403. The molecule has 0 saturated carbocycles. The topological polar surface area (TPSA) is 37.3 Å². The molecule has 1 heterocycles. The quantitative estimate of drug-likeness (QED) is 0.835. The lowest BCUT2D eigenvalue weighted by molar-refractivity contribution is -0.137. The largest absolute Gasteiger partial charge is 0.416 e. The van der Waals surface area contributed by atoms with Crippen LogP contribution in [-0.4, -0.2) is 22.7 Å². The van der Waals surface area contributed by atoms with Crippen LogP contribution in [0, 0.1) is 5.92 Å². The number of ketones is 1. The van der Waals surface area contributed by atoms with Crippen molar-refractivity contribution >= 4 is 17.5 Å². The van der Waals surface area contributed by atoms with Crippen molar-refractivity contribution in [3.05, 3.63) is 71.3 Å². The van der Waals surface area contributed by atoms with Crippen molar-refractivity contribution in [1.29, 1.82) is 0 Å². The van der Waals surface area contributed by atoms with Gasteiger partial charge in [-0.3, -0.25) is 4.79 Å². The highest BCUT2D eigenvalue weighted by molar-refractivity contribution is 7.99. The normalized spacial score (nSPS) is 24.1. The Kier molecular flexibility index (Phi) is 4.69. The SMILES string of the molecule is O=C(c1ccccc1)[C@@H]1[C@H](O)CS[C@H]1c1ccc(C(F)(F)F)cc1. The molecular weight excluding hydrogens is 337 g/mol. The molecule has 1 aliphatic heterocycles. The lowest BCUT2D eigenvalue weighted by Gasteiger charge is -2.21. The first-order valence-corrected chi connectivity index (χ1v) is 8.49. The minimum Gasteiger partial charge on any atom is -0.391 e. The fourth-order valence-electron chi connectivity index (χ4n) is 2.88. The Bertz CT molecular complexity index is 713. The number of thioether (sulfide) groups is 1. The molecule has 126 valence electrons. The van der Waals surface area contributed by atoms with Gasteiger partial charge in [-0.1, -0.05) is 42.5 Å². The molecule has 0 aromatic heterocycles. The number of carbonyl (C=O) groups excluding carboxylic acids is 1. The van der Waals surface area contributed by atoms with Crippen LogP contribution < -0.4 is 0 Å². The highest BCUT2D eigenvalue weighted by atomic mass is 32.2. The van der Waals surface area contributed by atoms with E-state index in [-0.39, 0.29) is 11.0 Å². The van der Waals surface area contributed by atoms with Gasteiger partial charge in [0.2, 0.25) is 0 Å². The minimum absolute atomic E-state index is 0.182. The molecule has 0 amide bonds. The average Bonchev–Trinajstić information content (AvgIpc) is 2.96. The fourth-order valence-corrected chi connectivity index (χ4v) is 4.36. The second kappa shape index (κ2) is 6.61. The summed E-state index contributed by atoms with van der Waals surface area (Å²) in [5.74, 6) is -0.457. The second-order valence-electron chi connectivity index (χ2n) is 5.70. The molecule has 1 fully saturated rings. The van der Waals surface area contributed by atoms with Crippen LogP contribution in [0.25, 0.3) is 0 Å². The van der Waals surface area contributed by atoms with Crippen molar-refractivity contribution in [1.82, 2.24) is 0 Å². The number of aliphatic hydroxyl groups is 1. The predicted molar refractivity (Wildman–Crippen MR) is 86.9 cm³/mol. The molecule has 1 N–H and O–H groups in total. The lowest BCUT2D eigenvalue weighted by atomic mass is 9.87. The minimum atomic E-state index is -4.39. The molecule has 2 nitrogen and oxygen atoms in total. The Labute approximate surface area is 141 Å². The molecule has 0 unspecified atom stereocenters. The molecule has 3 atom stereocenters. The summed E-state index contributed by atoms with van der Waals surface area (Å²) in [6.45, 7) is 0.